The van der Waals surface area contributed by atoms with Gasteiger partial charge in [-0.25, -0.2) is 4.98 Å². The third kappa shape index (κ3) is 5.82. The van der Waals surface area contributed by atoms with E-state index in [1.54, 1.807) is 24.3 Å². The van der Waals surface area contributed by atoms with E-state index >= 15 is 0 Å². The number of aliphatic hydroxyl groups is 1. The summed E-state index contributed by atoms with van der Waals surface area (Å²) < 4.78 is 56.8. The summed E-state index contributed by atoms with van der Waals surface area (Å²) >= 11 is 12.5. The third-order valence-electron chi connectivity index (χ3n) is 5.89. The Balaban J connectivity index is 1.85. The highest BCUT2D eigenvalue weighted by molar-refractivity contribution is 7.90. The molecule has 202 valence electrons. The van der Waals surface area contributed by atoms with Gasteiger partial charge in [0.2, 0.25) is 0 Å². The number of pyridine rings is 2. The van der Waals surface area contributed by atoms with E-state index in [-0.39, 0.29) is 16.4 Å². The van der Waals surface area contributed by atoms with Gasteiger partial charge in [-0.3, -0.25) is 4.98 Å². The number of benzene rings is 1. The second-order valence-corrected chi connectivity index (χ2v) is 13.7. The van der Waals surface area contributed by atoms with Gasteiger partial charge in [0.25, 0.3) is 0 Å². The summed E-state index contributed by atoms with van der Waals surface area (Å²) in [5, 5.41) is 11.5. The lowest BCUT2D eigenvalue weighted by Crippen LogP contribution is -2.41. The first-order chi connectivity index (χ1) is 17.6. The van der Waals surface area contributed by atoms with Gasteiger partial charge >= 0.3 is 6.18 Å². The maximum absolute atomic E-state index is 13.5. The highest BCUT2D eigenvalue weighted by atomic mass is 35.5. The van der Waals surface area contributed by atoms with Crippen LogP contribution < -0.4 is 4.72 Å². The molecule has 3 aromatic heterocycles. The maximum atomic E-state index is 13.5. The lowest BCUT2D eigenvalue weighted by molar-refractivity contribution is -0.258. The van der Waals surface area contributed by atoms with Crippen molar-refractivity contribution in [3.63, 3.8) is 0 Å². The fourth-order valence-electron chi connectivity index (χ4n) is 3.64. The number of alkyl halides is 3. The van der Waals surface area contributed by atoms with Gasteiger partial charge in [0.05, 0.1) is 16.4 Å². The van der Waals surface area contributed by atoms with Crippen LogP contribution in [0, 0.1) is 0 Å². The molecule has 4 aromatic rings. The molecule has 38 heavy (non-hydrogen) atoms. The molecule has 0 aliphatic rings. The van der Waals surface area contributed by atoms with Crippen LogP contribution in [0.25, 0.3) is 21.3 Å². The standard InChI is InChI=1S/C26H24Cl2F3N3O2S2/c1-24(2,3)38(36)34-22(21-17(27)8-9-20(28)33-21)19-12-14-6-5-7-16(23(14)37-19)18-13-15(10-11-32-18)25(4,35)26(29,30)31/h5-13,22,34-35H,1-4H3/t22?,25-,38?/m1/s1. The van der Waals surface area contributed by atoms with Crippen molar-refractivity contribution in [1.29, 1.82) is 0 Å². The van der Waals surface area contributed by atoms with Gasteiger partial charge in [-0.05, 0) is 69.0 Å². The Labute approximate surface area is 235 Å². The second-order valence-electron chi connectivity index (χ2n) is 9.81. The van der Waals surface area contributed by atoms with Crippen molar-refractivity contribution in [2.24, 2.45) is 0 Å². The van der Waals surface area contributed by atoms with Crippen LogP contribution in [0.4, 0.5) is 13.2 Å². The van der Waals surface area contributed by atoms with Crippen LogP contribution in [0.2, 0.25) is 10.2 Å². The molecule has 0 saturated heterocycles. The molecular formula is C26H24Cl2F3N3O2S2. The van der Waals surface area contributed by atoms with Crippen LogP contribution >= 0.6 is 34.5 Å². The molecule has 12 heteroatoms. The third-order valence-corrected chi connectivity index (χ3v) is 9.23. The summed E-state index contributed by atoms with van der Waals surface area (Å²) in [7, 11) is 0. The van der Waals surface area contributed by atoms with Gasteiger partial charge in [-0.2, -0.15) is 13.2 Å². The number of aromatic nitrogens is 2. The zero-order chi connectivity index (χ0) is 28.0. The summed E-state index contributed by atoms with van der Waals surface area (Å²) in [6.45, 7) is 6.20. The quantitative estimate of drug-likeness (QED) is 0.176. The van der Waals surface area contributed by atoms with Crippen molar-refractivity contribution in [2.75, 3.05) is 0 Å². The van der Waals surface area contributed by atoms with Crippen molar-refractivity contribution >= 4 is 56.0 Å². The average Bonchev–Trinajstić information content (AvgIpc) is 3.27. The van der Waals surface area contributed by atoms with Crippen molar-refractivity contribution < 1.29 is 22.8 Å². The molecule has 0 radical (unpaired) electrons. The highest BCUT2D eigenvalue weighted by Crippen LogP contribution is 2.42. The molecule has 4 rings (SSSR count). The number of thiophene rings is 1. The molecule has 0 aliphatic carbocycles. The molecule has 5 nitrogen and oxygen atoms in total. The van der Waals surface area contributed by atoms with Crippen LogP contribution in [0.5, 0.6) is 0 Å². The molecule has 0 amide bonds. The Kier molecular flexibility index (Phi) is 8.09. The molecule has 3 heterocycles. The van der Waals surface area contributed by atoms with Crippen molar-refractivity contribution in [2.45, 2.75) is 50.3 Å². The topological polar surface area (TPSA) is 81.1 Å². The number of rotatable bonds is 6. The lowest BCUT2D eigenvalue weighted by atomic mass is 9.94. The van der Waals surface area contributed by atoms with Gasteiger partial charge in [0, 0.05) is 32.7 Å². The molecule has 2 unspecified atom stereocenters. The maximum Gasteiger partial charge on any atom is 0.421 e. The van der Waals surface area contributed by atoms with E-state index in [1.807, 2.05) is 32.9 Å². The smallest absolute Gasteiger partial charge is 0.421 e. The zero-order valence-electron chi connectivity index (χ0n) is 20.7. The van der Waals surface area contributed by atoms with Crippen molar-refractivity contribution in [3.05, 3.63) is 81.0 Å². The number of nitrogens with one attached hydrogen (secondary N) is 1. The molecule has 0 saturated carbocycles. The summed E-state index contributed by atoms with van der Waals surface area (Å²) in [6, 6.07) is 12.1. The van der Waals surface area contributed by atoms with E-state index in [0.717, 1.165) is 21.0 Å². The zero-order valence-corrected chi connectivity index (χ0v) is 23.9. The SMILES string of the molecule is CC(C)(C)[S+]([O-])NC(c1cc2cccc(-c3cc([C@@](C)(O)C(F)(F)F)ccn3)c2s1)c1nc(Cl)ccc1Cl. The first-order valence-corrected chi connectivity index (χ1v) is 14.1. The van der Waals surface area contributed by atoms with Crippen LogP contribution in [0.3, 0.4) is 0 Å². The predicted molar refractivity (Wildman–Crippen MR) is 148 cm³/mol. The Morgan fingerprint density at radius 3 is 2.42 bits per heavy atom. The number of nitrogens with zero attached hydrogens (tertiary/aromatic N) is 2. The summed E-state index contributed by atoms with van der Waals surface area (Å²) in [6.07, 6.45) is -3.62. The minimum Gasteiger partial charge on any atom is -0.598 e. The van der Waals surface area contributed by atoms with Crippen LogP contribution in [-0.4, -0.2) is 30.6 Å². The minimum atomic E-state index is -4.86. The molecule has 2 N–H and O–H groups in total. The summed E-state index contributed by atoms with van der Waals surface area (Å²) in [4.78, 5) is 9.40. The average molecular weight is 603 g/mol. The lowest BCUT2D eigenvalue weighted by Gasteiger charge is -2.27. The van der Waals surface area contributed by atoms with Gasteiger partial charge < -0.3 is 9.66 Å². The highest BCUT2D eigenvalue weighted by Gasteiger charge is 2.51. The van der Waals surface area contributed by atoms with E-state index < -0.39 is 33.9 Å². The van der Waals surface area contributed by atoms with E-state index in [1.165, 1.54) is 23.6 Å². The van der Waals surface area contributed by atoms with Crippen molar-refractivity contribution in [1.82, 2.24) is 14.7 Å². The van der Waals surface area contributed by atoms with Gasteiger partial charge in [0.15, 0.2) is 5.60 Å². The summed E-state index contributed by atoms with van der Waals surface area (Å²) in [5.74, 6) is 0. The molecule has 3 atom stereocenters. The first-order valence-electron chi connectivity index (χ1n) is 11.4. The minimum absolute atomic E-state index is 0.220. The molecule has 1 aromatic carbocycles. The largest absolute Gasteiger partial charge is 0.598 e. The van der Waals surface area contributed by atoms with E-state index in [0.29, 0.717) is 23.2 Å². The number of halogens is 5. The van der Waals surface area contributed by atoms with E-state index in [4.69, 9.17) is 23.2 Å². The Morgan fingerprint density at radius 2 is 1.76 bits per heavy atom. The Morgan fingerprint density at radius 1 is 1.05 bits per heavy atom. The molecule has 0 bridgehead atoms. The summed E-state index contributed by atoms with van der Waals surface area (Å²) in [5.41, 5.74) is -2.11. The fraction of sp³-hybridized carbons (Fsp3) is 0.308. The second kappa shape index (κ2) is 10.6. The van der Waals surface area contributed by atoms with Crippen LogP contribution in [0.1, 0.15) is 49.9 Å². The number of fused-ring (bicyclic) bond motifs is 1. The normalized spacial score (nSPS) is 15.9. The van der Waals surface area contributed by atoms with Gasteiger partial charge in [-0.1, -0.05) is 41.4 Å². The van der Waals surface area contributed by atoms with Gasteiger partial charge in [0.1, 0.15) is 15.9 Å². The first kappa shape index (κ1) is 29.1. The van der Waals surface area contributed by atoms with E-state index in [9.17, 15) is 22.8 Å². The van der Waals surface area contributed by atoms with E-state index in [2.05, 4.69) is 14.7 Å². The van der Waals surface area contributed by atoms with Crippen molar-refractivity contribution in [3.8, 4) is 11.3 Å². The van der Waals surface area contributed by atoms with Gasteiger partial charge in [-0.15, -0.1) is 16.1 Å². The monoisotopic (exact) mass is 601 g/mol. The Hall–Kier alpha value is -1.92. The molecule has 0 spiro atoms. The molecule has 0 aliphatic heterocycles. The fourth-order valence-corrected chi connectivity index (χ4v) is 6.13. The van der Waals surface area contributed by atoms with Crippen LogP contribution in [0.15, 0.2) is 54.7 Å². The Bertz CT molecular complexity index is 1470. The van der Waals surface area contributed by atoms with Crippen LogP contribution in [-0.2, 0) is 17.0 Å². The molecule has 0 fully saturated rings. The number of hydrogen-bond acceptors (Lipinski definition) is 6. The molecular weight excluding hydrogens is 578 g/mol. The predicted octanol–water partition coefficient (Wildman–Crippen LogP) is 7.58. The number of hydrogen-bond donors (Lipinski definition) is 2.